The van der Waals surface area contributed by atoms with Crippen LogP contribution in [-0.4, -0.2) is 68.7 Å². The van der Waals surface area contributed by atoms with Crippen molar-refractivity contribution in [1.29, 1.82) is 0 Å². The summed E-state index contributed by atoms with van der Waals surface area (Å²) in [4.78, 5) is 22.2. The number of aromatic hydroxyl groups is 1. The van der Waals surface area contributed by atoms with Gasteiger partial charge in [-0.25, -0.2) is 0 Å². The second-order valence-electron chi connectivity index (χ2n) is 12.1. The molecule has 5 aliphatic rings. The summed E-state index contributed by atoms with van der Waals surface area (Å²) in [5.74, 6) is 1.75. The van der Waals surface area contributed by atoms with Crippen LogP contribution in [0.2, 0.25) is 0 Å². The van der Waals surface area contributed by atoms with E-state index in [1.165, 1.54) is 18.4 Å². The van der Waals surface area contributed by atoms with Crippen LogP contribution in [0.25, 0.3) is 0 Å². The average Bonchev–Trinajstić information content (AvgIpc) is 3.77. The molecule has 2 N–H and O–H groups in total. The maximum absolute atomic E-state index is 13.3. The maximum atomic E-state index is 13.3. The van der Waals surface area contributed by atoms with Crippen molar-refractivity contribution in [3.8, 4) is 5.75 Å². The van der Waals surface area contributed by atoms with Crippen molar-refractivity contribution in [2.75, 3.05) is 26.2 Å². The molecule has 2 bridgehead atoms. The van der Waals surface area contributed by atoms with E-state index in [-0.39, 0.29) is 11.9 Å². The number of fused-ring (bicyclic) bond motifs is 1. The summed E-state index contributed by atoms with van der Waals surface area (Å²) in [6.07, 6.45) is 9.99. The molecule has 7 rings (SSSR count). The first kappa shape index (κ1) is 22.7. The standard InChI is InChI=1S/C30H37N3O3/c34-26-18-25-22(15-24(26)21-6-7-21)16-27-30(36)10-14-32(28(35)17-23-3-1-2-11-31-23)12-8-29(25,30)9-13-33(27)19-20-4-5-20/h1-3,11,15,18,20-21,27,34,36H,4-10,12-14,16-17,19H2/t27-,29+,30-/m1/s1. The molecule has 36 heavy (non-hydrogen) atoms. The number of piperidine rings is 1. The van der Waals surface area contributed by atoms with Crippen molar-refractivity contribution in [2.45, 2.75) is 80.8 Å². The van der Waals surface area contributed by atoms with E-state index in [2.05, 4.69) is 16.0 Å². The molecule has 0 unspecified atom stereocenters. The second-order valence-corrected chi connectivity index (χ2v) is 12.1. The fourth-order valence-corrected chi connectivity index (χ4v) is 7.68. The first-order chi connectivity index (χ1) is 17.5. The Kier molecular flexibility index (Phi) is 5.23. The fourth-order valence-electron chi connectivity index (χ4n) is 7.68. The van der Waals surface area contributed by atoms with Gasteiger partial charge in [0.05, 0.1) is 12.0 Å². The summed E-state index contributed by atoms with van der Waals surface area (Å²) >= 11 is 0. The first-order valence-electron chi connectivity index (χ1n) is 14.0. The molecular weight excluding hydrogens is 450 g/mol. The number of hydrogen-bond acceptors (Lipinski definition) is 5. The number of benzene rings is 1. The van der Waals surface area contributed by atoms with Crippen molar-refractivity contribution in [2.24, 2.45) is 5.92 Å². The fraction of sp³-hybridized carbons (Fsp3) is 0.600. The first-order valence-corrected chi connectivity index (χ1v) is 14.0. The van der Waals surface area contributed by atoms with Gasteiger partial charge in [0.25, 0.3) is 0 Å². The molecule has 2 aromatic rings. The van der Waals surface area contributed by atoms with Crippen LogP contribution in [-0.2, 0) is 23.1 Å². The van der Waals surface area contributed by atoms with E-state index in [9.17, 15) is 15.0 Å². The molecule has 6 heteroatoms. The number of carbonyl (C=O) groups is 1. The summed E-state index contributed by atoms with van der Waals surface area (Å²) in [5, 5.41) is 23.7. The van der Waals surface area contributed by atoms with Gasteiger partial charge in [0, 0.05) is 43.0 Å². The lowest BCUT2D eigenvalue weighted by molar-refractivity contribution is -0.149. The number of hydrogen-bond donors (Lipinski definition) is 2. The van der Waals surface area contributed by atoms with Gasteiger partial charge in [-0.1, -0.05) is 12.1 Å². The molecule has 2 aliphatic heterocycles. The van der Waals surface area contributed by atoms with Crippen molar-refractivity contribution in [1.82, 2.24) is 14.8 Å². The third-order valence-electron chi connectivity index (χ3n) is 10.0. The Bertz CT molecular complexity index is 1180. The second kappa shape index (κ2) is 8.29. The largest absolute Gasteiger partial charge is 0.508 e. The van der Waals surface area contributed by atoms with Crippen LogP contribution in [0.5, 0.6) is 5.75 Å². The molecule has 0 spiro atoms. The van der Waals surface area contributed by atoms with Gasteiger partial charge in [-0.3, -0.25) is 14.7 Å². The smallest absolute Gasteiger partial charge is 0.228 e. The minimum Gasteiger partial charge on any atom is -0.508 e. The predicted molar refractivity (Wildman–Crippen MR) is 137 cm³/mol. The van der Waals surface area contributed by atoms with E-state index in [1.807, 2.05) is 29.2 Å². The summed E-state index contributed by atoms with van der Waals surface area (Å²) in [7, 11) is 0. The highest BCUT2D eigenvalue weighted by Gasteiger charge is 2.63. The van der Waals surface area contributed by atoms with E-state index in [0.717, 1.165) is 67.9 Å². The van der Waals surface area contributed by atoms with Gasteiger partial charge < -0.3 is 15.1 Å². The Morgan fingerprint density at radius 2 is 1.86 bits per heavy atom. The number of aliphatic hydroxyl groups is 1. The number of rotatable bonds is 5. The Hall–Kier alpha value is -2.44. The molecule has 3 aliphatic carbocycles. The number of aromatic nitrogens is 1. The SMILES string of the molecule is O=C(Cc1ccccn1)N1CC[C@]23CCN(CC4CC4)[C@H](Cc4cc(C5CC5)c(O)cc42)[C@]3(O)CC1. The number of pyridine rings is 1. The predicted octanol–water partition coefficient (Wildman–Crippen LogP) is 3.54. The van der Waals surface area contributed by atoms with Crippen molar-refractivity contribution < 1.29 is 15.0 Å². The third kappa shape index (κ3) is 3.59. The molecule has 0 radical (unpaired) electrons. The highest BCUT2D eigenvalue weighted by Crippen LogP contribution is 2.58. The molecular formula is C30H37N3O3. The summed E-state index contributed by atoms with van der Waals surface area (Å²) in [5.41, 5.74) is 3.03. The van der Waals surface area contributed by atoms with E-state index in [0.29, 0.717) is 37.6 Å². The molecule has 3 atom stereocenters. The summed E-state index contributed by atoms with van der Waals surface area (Å²) in [6, 6.07) is 10.0. The van der Waals surface area contributed by atoms with E-state index >= 15 is 0 Å². The highest BCUT2D eigenvalue weighted by atomic mass is 16.3. The molecule has 1 amide bonds. The molecule has 4 fully saturated rings. The van der Waals surface area contributed by atoms with Crippen LogP contribution in [0.3, 0.4) is 0 Å². The zero-order valence-electron chi connectivity index (χ0n) is 21.0. The summed E-state index contributed by atoms with van der Waals surface area (Å²) < 4.78 is 0. The Balaban J connectivity index is 1.25. The Morgan fingerprint density at radius 3 is 2.61 bits per heavy atom. The zero-order valence-corrected chi connectivity index (χ0v) is 21.0. The quantitative estimate of drug-likeness (QED) is 0.675. The third-order valence-corrected chi connectivity index (χ3v) is 10.0. The van der Waals surface area contributed by atoms with E-state index in [4.69, 9.17) is 0 Å². The van der Waals surface area contributed by atoms with Gasteiger partial charge in [-0.2, -0.15) is 0 Å². The highest BCUT2D eigenvalue weighted by molar-refractivity contribution is 5.78. The number of likely N-dealkylation sites (tertiary alicyclic amines) is 2. The van der Waals surface area contributed by atoms with Crippen molar-refractivity contribution in [3.05, 3.63) is 58.9 Å². The van der Waals surface area contributed by atoms with E-state index in [1.54, 1.807) is 6.20 Å². The molecule has 2 saturated heterocycles. The van der Waals surface area contributed by atoms with Gasteiger partial charge in [0.15, 0.2) is 0 Å². The normalized spacial score (nSPS) is 31.9. The van der Waals surface area contributed by atoms with Gasteiger partial charge in [-0.15, -0.1) is 0 Å². The van der Waals surface area contributed by atoms with E-state index < -0.39 is 11.0 Å². The van der Waals surface area contributed by atoms with Gasteiger partial charge in [0.2, 0.25) is 5.91 Å². The lowest BCUT2D eigenvalue weighted by atomic mass is 9.52. The molecule has 190 valence electrons. The lowest BCUT2D eigenvalue weighted by Gasteiger charge is -2.61. The van der Waals surface area contributed by atoms with Crippen molar-refractivity contribution in [3.63, 3.8) is 0 Å². The monoisotopic (exact) mass is 487 g/mol. The van der Waals surface area contributed by atoms with Crippen LogP contribution in [0.15, 0.2) is 36.5 Å². The Labute approximate surface area is 213 Å². The number of phenolic OH excluding ortho intramolecular Hbond substituents is 1. The topological polar surface area (TPSA) is 76.9 Å². The Morgan fingerprint density at radius 1 is 1.06 bits per heavy atom. The number of amides is 1. The molecule has 6 nitrogen and oxygen atoms in total. The zero-order chi connectivity index (χ0) is 24.5. The summed E-state index contributed by atoms with van der Waals surface area (Å²) in [6.45, 7) is 3.26. The van der Waals surface area contributed by atoms with Crippen molar-refractivity contribution >= 4 is 5.91 Å². The minimum absolute atomic E-state index is 0.0711. The number of carbonyl (C=O) groups excluding carboxylic acids is 1. The van der Waals surface area contributed by atoms with Gasteiger partial charge in [-0.05, 0) is 105 Å². The number of nitrogens with zero attached hydrogens (tertiary/aromatic N) is 3. The van der Waals surface area contributed by atoms with Gasteiger partial charge in [0.1, 0.15) is 5.75 Å². The van der Waals surface area contributed by atoms with Crippen LogP contribution in [0.1, 0.15) is 73.2 Å². The maximum Gasteiger partial charge on any atom is 0.228 e. The molecule has 3 heterocycles. The van der Waals surface area contributed by atoms with Crippen LogP contribution in [0.4, 0.5) is 0 Å². The van der Waals surface area contributed by atoms with Gasteiger partial charge >= 0.3 is 0 Å². The van der Waals surface area contributed by atoms with Crippen LogP contribution < -0.4 is 0 Å². The number of phenols is 1. The molecule has 1 aromatic heterocycles. The van der Waals surface area contributed by atoms with Crippen LogP contribution in [0, 0.1) is 5.92 Å². The minimum atomic E-state index is -0.902. The molecule has 2 saturated carbocycles. The van der Waals surface area contributed by atoms with Crippen LogP contribution >= 0.6 is 0 Å². The average molecular weight is 488 g/mol. The molecule has 1 aromatic carbocycles. The lowest BCUT2D eigenvalue weighted by Crippen LogP contribution is -2.71.